The lowest BCUT2D eigenvalue weighted by atomic mass is 10.1. The summed E-state index contributed by atoms with van der Waals surface area (Å²) in [6.07, 6.45) is 0.216. The average Bonchev–Trinajstić information content (AvgIpc) is 2.78. The van der Waals surface area contributed by atoms with Crippen LogP contribution in [0.1, 0.15) is 18.2 Å². The third-order valence-electron chi connectivity index (χ3n) is 2.90. The van der Waals surface area contributed by atoms with Gasteiger partial charge in [0.1, 0.15) is 5.75 Å². The minimum Gasteiger partial charge on any atom is -0.435 e. The number of carbonyl (C=O) groups is 1. The molecule has 0 aliphatic heterocycles. The van der Waals surface area contributed by atoms with Crippen LogP contribution in [0.15, 0.2) is 24.3 Å². The largest absolute Gasteiger partial charge is 0.435 e. The van der Waals surface area contributed by atoms with Crippen LogP contribution in [0.4, 0.5) is 13.9 Å². The van der Waals surface area contributed by atoms with Crippen molar-refractivity contribution in [1.82, 2.24) is 4.98 Å². The smallest absolute Gasteiger partial charge is 0.387 e. The minimum atomic E-state index is -2.85. The molecule has 1 amide bonds. The van der Waals surface area contributed by atoms with Crippen LogP contribution in [0.3, 0.4) is 0 Å². The second-order valence-corrected chi connectivity index (χ2v) is 6.26. The van der Waals surface area contributed by atoms with E-state index in [-0.39, 0.29) is 36.5 Å². The van der Waals surface area contributed by atoms with Gasteiger partial charge in [0.05, 0.1) is 5.69 Å². The highest BCUT2D eigenvalue weighted by Gasteiger charge is 2.13. The van der Waals surface area contributed by atoms with E-state index < -0.39 is 6.61 Å². The second-order valence-electron chi connectivity index (χ2n) is 5.06. The third kappa shape index (κ3) is 5.70. The van der Waals surface area contributed by atoms with Crippen LogP contribution in [0.2, 0.25) is 0 Å². The molecule has 0 fully saturated rings. The van der Waals surface area contributed by atoms with Gasteiger partial charge in [-0.2, -0.15) is 8.78 Å². The van der Waals surface area contributed by atoms with Crippen molar-refractivity contribution < 1.29 is 18.3 Å². The van der Waals surface area contributed by atoms with Crippen LogP contribution in [0, 0.1) is 6.92 Å². The zero-order valence-corrected chi connectivity index (χ0v) is 14.7. The van der Waals surface area contributed by atoms with E-state index >= 15 is 0 Å². The van der Waals surface area contributed by atoms with Crippen molar-refractivity contribution in [3.8, 4) is 17.0 Å². The summed E-state index contributed by atoms with van der Waals surface area (Å²) >= 11 is 1.34. The maximum atomic E-state index is 12.1. The maximum Gasteiger partial charge on any atom is 0.387 e. The Balaban J connectivity index is 0.00000288. The van der Waals surface area contributed by atoms with Crippen LogP contribution in [-0.4, -0.2) is 23.5 Å². The summed E-state index contributed by atoms with van der Waals surface area (Å²) in [5.74, 6) is -0.108. The number of benzene rings is 1. The van der Waals surface area contributed by atoms with Gasteiger partial charge < -0.3 is 15.8 Å². The lowest BCUT2D eigenvalue weighted by Gasteiger charge is -2.05. The fourth-order valence-corrected chi connectivity index (χ4v) is 2.83. The molecule has 0 saturated heterocycles. The number of nitrogens with zero attached hydrogens (tertiary/aromatic N) is 1. The van der Waals surface area contributed by atoms with Gasteiger partial charge in [0.15, 0.2) is 5.13 Å². The second kappa shape index (κ2) is 8.91. The summed E-state index contributed by atoms with van der Waals surface area (Å²) in [5, 5.41) is 3.19. The summed E-state index contributed by atoms with van der Waals surface area (Å²) in [7, 11) is 0. The number of rotatable bonds is 6. The quantitative estimate of drug-likeness (QED) is 0.802. The Hall–Kier alpha value is -1.77. The number of carbonyl (C=O) groups excluding carboxylic acids is 1. The van der Waals surface area contributed by atoms with Gasteiger partial charge in [-0.3, -0.25) is 4.79 Å². The van der Waals surface area contributed by atoms with Gasteiger partial charge in [-0.15, -0.1) is 23.7 Å². The molecule has 2 aromatic rings. The van der Waals surface area contributed by atoms with E-state index in [1.54, 1.807) is 19.1 Å². The molecule has 132 valence electrons. The molecule has 1 atom stereocenters. The van der Waals surface area contributed by atoms with E-state index in [9.17, 15) is 13.6 Å². The number of aromatic nitrogens is 1. The molecule has 0 aliphatic carbocycles. The number of aryl methyl sites for hydroxylation is 1. The molecule has 0 radical (unpaired) electrons. The van der Waals surface area contributed by atoms with E-state index in [0.29, 0.717) is 10.8 Å². The van der Waals surface area contributed by atoms with Crippen molar-refractivity contribution in [1.29, 1.82) is 0 Å². The number of hydrogen-bond donors (Lipinski definition) is 2. The Kier molecular flexibility index (Phi) is 7.53. The fourth-order valence-electron chi connectivity index (χ4n) is 1.97. The third-order valence-corrected chi connectivity index (χ3v) is 3.79. The molecule has 1 unspecified atom stereocenters. The highest BCUT2D eigenvalue weighted by atomic mass is 35.5. The lowest BCUT2D eigenvalue weighted by Crippen LogP contribution is -2.23. The molecule has 1 heterocycles. The number of thiazole rings is 1. The summed E-state index contributed by atoms with van der Waals surface area (Å²) in [6.45, 7) is 0.771. The highest BCUT2D eigenvalue weighted by molar-refractivity contribution is 7.16. The standard InChI is InChI=1S/C15H17F2N3O2S.ClH/c1-8(18)7-12(21)19-15-20-13(9(2)23-15)10-3-5-11(6-4-10)22-14(16)17;/h3-6,8,14H,7,18H2,1-2H3,(H,19,20,21);1H. The van der Waals surface area contributed by atoms with Crippen molar-refractivity contribution in [2.75, 3.05) is 5.32 Å². The fraction of sp³-hybridized carbons (Fsp3) is 0.333. The number of halogens is 3. The molecule has 0 spiro atoms. The molecular formula is C15H18ClF2N3O2S. The average molecular weight is 378 g/mol. The number of ether oxygens (including phenoxy) is 1. The molecule has 5 nitrogen and oxygen atoms in total. The van der Waals surface area contributed by atoms with Crippen LogP contribution in [0.5, 0.6) is 5.75 Å². The highest BCUT2D eigenvalue weighted by Crippen LogP contribution is 2.31. The minimum absolute atomic E-state index is 0. The van der Waals surface area contributed by atoms with E-state index in [0.717, 1.165) is 10.4 Å². The maximum absolute atomic E-state index is 12.1. The van der Waals surface area contributed by atoms with Gasteiger partial charge in [-0.05, 0) is 38.1 Å². The first-order chi connectivity index (χ1) is 10.8. The number of alkyl halides is 2. The Labute approximate surface area is 148 Å². The van der Waals surface area contributed by atoms with Gasteiger partial charge in [0.2, 0.25) is 5.91 Å². The lowest BCUT2D eigenvalue weighted by molar-refractivity contribution is -0.116. The molecule has 24 heavy (non-hydrogen) atoms. The number of nitrogens with one attached hydrogen (secondary N) is 1. The molecule has 0 saturated carbocycles. The summed E-state index contributed by atoms with van der Waals surface area (Å²) < 4.78 is 28.6. The SMILES string of the molecule is Cc1sc(NC(=O)CC(C)N)nc1-c1ccc(OC(F)F)cc1.Cl. The zero-order chi connectivity index (χ0) is 17.0. The molecule has 9 heteroatoms. The Morgan fingerprint density at radius 1 is 1.38 bits per heavy atom. The molecule has 0 aliphatic rings. The van der Waals surface area contributed by atoms with Gasteiger partial charge in [0.25, 0.3) is 0 Å². The normalized spacial score (nSPS) is 11.8. The first-order valence-electron chi connectivity index (χ1n) is 6.93. The van der Waals surface area contributed by atoms with E-state index in [1.165, 1.54) is 23.5 Å². The number of nitrogens with two attached hydrogens (primary N) is 1. The summed E-state index contributed by atoms with van der Waals surface area (Å²) in [6, 6.07) is 5.97. The van der Waals surface area contributed by atoms with Gasteiger partial charge in [0, 0.05) is 22.9 Å². The molecular weight excluding hydrogens is 360 g/mol. The van der Waals surface area contributed by atoms with E-state index in [4.69, 9.17) is 5.73 Å². The molecule has 0 bridgehead atoms. The Bertz CT molecular complexity index is 678. The van der Waals surface area contributed by atoms with Crippen molar-refractivity contribution in [3.63, 3.8) is 0 Å². The van der Waals surface area contributed by atoms with Gasteiger partial charge >= 0.3 is 6.61 Å². The summed E-state index contributed by atoms with van der Waals surface area (Å²) in [5.41, 5.74) is 7.03. The molecule has 2 rings (SSSR count). The van der Waals surface area contributed by atoms with Crippen LogP contribution in [-0.2, 0) is 4.79 Å². The molecule has 1 aromatic carbocycles. The number of amides is 1. The zero-order valence-electron chi connectivity index (χ0n) is 13.1. The van der Waals surface area contributed by atoms with Gasteiger partial charge in [-0.1, -0.05) is 0 Å². The molecule has 3 N–H and O–H groups in total. The first kappa shape index (κ1) is 20.3. The number of hydrogen-bond acceptors (Lipinski definition) is 5. The van der Waals surface area contributed by atoms with Crippen LogP contribution >= 0.6 is 23.7 Å². The van der Waals surface area contributed by atoms with Crippen molar-refractivity contribution in [2.24, 2.45) is 5.73 Å². The Morgan fingerprint density at radius 3 is 2.54 bits per heavy atom. The monoisotopic (exact) mass is 377 g/mol. The van der Waals surface area contributed by atoms with E-state index in [1.807, 2.05) is 6.92 Å². The summed E-state index contributed by atoms with van der Waals surface area (Å²) in [4.78, 5) is 17.0. The van der Waals surface area contributed by atoms with Crippen LogP contribution in [0.25, 0.3) is 11.3 Å². The van der Waals surface area contributed by atoms with Gasteiger partial charge in [-0.25, -0.2) is 4.98 Å². The van der Waals surface area contributed by atoms with E-state index in [2.05, 4.69) is 15.0 Å². The molecule has 1 aromatic heterocycles. The van der Waals surface area contributed by atoms with Crippen molar-refractivity contribution in [2.45, 2.75) is 32.9 Å². The first-order valence-corrected chi connectivity index (χ1v) is 7.75. The van der Waals surface area contributed by atoms with Crippen molar-refractivity contribution in [3.05, 3.63) is 29.1 Å². The Morgan fingerprint density at radius 2 is 2.00 bits per heavy atom. The topological polar surface area (TPSA) is 77.2 Å². The van der Waals surface area contributed by atoms with Crippen molar-refractivity contribution >= 4 is 34.8 Å². The predicted octanol–water partition coefficient (Wildman–Crippen LogP) is 3.82. The van der Waals surface area contributed by atoms with Crippen LogP contribution < -0.4 is 15.8 Å². The predicted molar refractivity (Wildman–Crippen MR) is 93.1 cm³/mol. The number of anilines is 1.